The van der Waals surface area contributed by atoms with Gasteiger partial charge < -0.3 is 5.43 Å². The highest BCUT2D eigenvalue weighted by atomic mass is 35.5. The van der Waals surface area contributed by atoms with Crippen LogP contribution in [0.25, 0.3) is 0 Å². The number of H-pyrrole nitrogens is 1. The molecule has 2 heterocycles. The van der Waals surface area contributed by atoms with Gasteiger partial charge in [0, 0.05) is 7.05 Å². The average molecular weight is 335 g/mol. The Morgan fingerprint density at radius 2 is 2.05 bits per heavy atom. The number of nitrogen functional groups attached to an aromatic ring is 1. The Morgan fingerprint density at radius 3 is 2.70 bits per heavy atom. The topological polar surface area (TPSA) is 119 Å². The standard InChI is InChI=1S/C9H8Cl2N6O2S/c1-17-9(14-6(18)7(19)16-17)20-8-4(11)2-3(10)5(13-8)15-12/h2H,12H2,1H3,(H,13,15)(H,16,19). The van der Waals surface area contributed by atoms with E-state index in [2.05, 4.69) is 20.5 Å². The molecule has 0 aliphatic carbocycles. The third-order valence-electron chi connectivity index (χ3n) is 2.17. The van der Waals surface area contributed by atoms with E-state index in [1.54, 1.807) is 0 Å². The second-order valence-corrected chi connectivity index (χ2v) is 5.32. The molecule has 2 aromatic rings. The summed E-state index contributed by atoms with van der Waals surface area (Å²) in [5, 5.41) is 3.38. The fraction of sp³-hybridized carbons (Fsp3) is 0.111. The highest BCUT2D eigenvalue weighted by Crippen LogP contribution is 2.34. The maximum atomic E-state index is 11.3. The van der Waals surface area contributed by atoms with Crippen LogP contribution < -0.4 is 22.4 Å². The van der Waals surface area contributed by atoms with E-state index >= 15 is 0 Å². The number of rotatable bonds is 3. The van der Waals surface area contributed by atoms with Crippen LogP contribution in [0.15, 0.2) is 25.8 Å². The molecule has 0 amide bonds. The Bertz CT molecular complexity index is 774. The minimum atomic E-state index is -0.896. The van der Waals surface area contributed by atoms with E-state index < -0.39 is 11.1 Å². The minimum absolute atomic E-state index is 0.217. The van der Waals surface area contributed by atoms with Gasteiger partial charge in [-0.15, -0.1) is 0 Å². The number of aryl methyl sites for hydroxylation is 1. The van der Waals surface area contributed by atoms with Gasteiger partial charge in [0.1, 0.15) is 5.03 Å². The van der Waals surface area contributed by atoms with Gasteiger partial charge in [-0.2, -0.15) is 4.98 Å². The van der Waals surface area contributed by atoms with Crippen LogP contribution in [0.4, 0.5) is 5.82 Å². The highest BCUT2D eigenvalue weighted by Gasteiger charge is 2.13. The van der Waals surface area contributed by atoms with Crippen LogP contribution in [0.5, 0.6) is 0 Å². The van der Waals surface area contributed by atoms with E-state index in [1.165, 1.54) is 17.8 Å². The minimum Gasteiger partial charge on any atom is -0.307 e. The molecule has 106 valence electrons. The number of nitrogens with one attached hydrogen (secondary N) is 2. The predicted octanol–water partition coefficient (Wildman–Crippen LogP) is 0.607. The monoisotopic (exact) mass is 334 g/mol. The van der Waals surface area contributed by atoms with Crippen molar-refractivity contribution in [2.45, 2.75) is 10.2 Å². The number of nitrogens with zero attached hydrogens (tertiary/aromatic N) is 3. The number of halogens is 2. The molecule has 11 heteroatoms. The molecule has 0 atom stereocenters. The van der Waals surface area contributed by atoms with E-state index in [9.17, 15) is 9.59 Å². The molecule has 0 aromatic carbocycles. The number of hydrogen-bond donors (Lipinski definition) is 3. The average Bonchev–Trinajstić information content (AvgIpc) is 2.38. The summed E-state index contributed by atoms with van der Waals surface area (Å²) in [5.74, 6) is 5.50. The fourth-order valence-electron chi connectivity index (χ4n) is 1.26. The van der Waals surface area contributed by atoms with Gasteiger partial charge >= 0.3 is 11.1 Å². The summed E-state index contributed by atoms with van der Waals surface area (Å²) in [6, 6.07) is 1.46. The second kappa shape index (κ2) is 5.83. The van der Waals surface area contributed by atoms with Crippen LogP contribution in [0, 0.1) is 0 Å². The fourth-order valence-corrected chi connectivity index (χ4v) is 2.57. The van der Waals surface area contributed by atoms with E-state index in [0.717, 1.165) is 11.8 Å². The van der Waals surface area contributed by atoms with Crippen molar-refractivity contribution in [3.05, 3.63) is 36.8 Å². The predicted molar refractivity (Wildman–Crippen MR) is 76.3 cm³/mol. The first-order valence-electron chi connectivity index (χ1n) is 5.10. The van der Waals surface area contributed by atoms with Gasteiger partial charge in [0.05, 0.1) is 10.0 Å². The zero-order valence-electron chi connectivity index (χ0n) is 9.98. The van der Waals surface area contributed by atoms with Crippen molar-refractivity contribution in [3.63, 3.8) is 0 Å². The first kappa shape index (κ1) is 14.9. The zero-order valence-corrected chi connectivity index (χ0v) is 12.3. The maximum absolute atomic E-state index is 11.3. The van der Waals surface area contributed by atoms with Crippen LogP contribution in [0.3, 0.4) is 0 Å². The summed E-state index contributed by atoms with van der Waals surface area (Å²) in [4.78, 5) is 30.1. The molecule has 8 nitrogen and oxygen atoms in total. The van der Waals surface area contributed by atoms with E-state index in [4.69, 9.17) is 29.0 Å². The number of hydrogen-bond acceptors (Lipinski definition) is 7. The van der Waals surface area contributed by atoms with Crippen LogP contribution in [-0.2, 0) is 7.05 Å². The molecule has 0 saturated carbocycles. The quantitative estimate of drug-likeness (QED) is 0.427. The summed E-state index contributed by atoms with van der Waals surface area (Å²) in [5.41, 5.74) is 0.618. The molecular weight excluding hydrogens is 327 g/mol. The molecule has 0 bridgehead atoms. The van der Waals surface area contributed by atoms with Crippen molar-refractivity contribution in [1.29, 1.82) is 0 Å². The van der Waals surface area contributed by atoms with E-state index in [-0.39, 0.29) is 21.0 Å². The van der Waals surface area contributed by atoms with Crippen molar-refractivity contribution in [3.8, 4) is 0 Å². The second-order valence-electron chi connectivity index (χ2n) is 3.55. The van der Waals surface area contributed by atoms with Crippen LogP contribution in [0.2, 0.25) is 10.0 Å². The summed E-state index contributed by atoms with van der Waals surface area (Å²) in [7, 11) is 1.53. The van der Waals surface area contributed by atoms with Gasteiger partial charge in [-0.25, -0.2) is 10.8 Å². The smallest absolute Gasteiger partial charge is 0.307 e. The third kappa shape index (κ3) is 2.96. The lowest BCUT2D eigenvalue weighted by Crippen LogP contribution is -2.33. The number of anilines is 1. The molecule has 0 aliphatic heterocycles. The molecule has 0 fully saturated rings. The van der Waals surface area contributed by atoms with Gasteiger partial charge in [0.15, 0.2) is 11.0 Å². The molecule has 0 aliphatic rings. The van der Waals surface area contributed by atoms with Gasteiger partial charge in [-0.1, -0.05) is 23.2 Å². The van der Waals surface area contributed by atoms with Crippen molar-refractivity contribution in [1.82, 2.24) is 19.7 Å². The largest absolute Gasteiger partial charge is 0.339 e. The summed E-state index contributed by atoms with van der Waals surface area (Å²) in [6.45, 7) is 0. The van der Waals surface area contributed by atoms with Crippen molar-refractivity contribution in [2.75, 3.05) is 5.43 Å². The summed E-state index contributed by atoms with van der Waals surface area (Å²) >= 11 is 12.9. The Labute approximate surface area is 126 Å². The maximum Gasteiger partial charge on any atom is 0.339 e. The Balaban J connectivity index is 2.47. The van der Waals surface area contributed by atoms with Crippen LogP contribution in [-0.4, -0.2) is 19.7 Å². The van der Waals surface area contributed by atoms with E-state index in [0.29, 0.717) is 5.03 Å². The molecule has 0 unspecified atom stereocenters. The summed E-state index contributed by atoms with van der Waals surface area (Å²) in [6.07, 6.45) is 0. The van der Waals surface area contributed by atoms with Gasteiger partial charge in [0.2, 0.25) is 0 Å². The number of hydrazine groups is 1. The van der Waals surface area contributed by atoms with Crippen molar-refractivity contribution < 1.29 is 0 Å². The molecule has 0 radical (unpaired) electrons. The highest BCUT2D eigenvalue weighted by molar-refractivity contribution is 7.99. The van der Waals surface area contributed by atoms with Crippen molar-refractivity contribution >= 4 is 40.8 Å². The molecule has 0 spiro atoms. The van der Waals surface area contributed by atoms with Crippen molar-refractivity contribution in [2.24, 2.45) is 12.9 Å². The number of aromatic amines is 1. The van der Waals surface area contributed by atoms with Gasteiger partial charge in [-0.05, 0) is 17.8 Å². The molecule has 0 saturated heterocycles. The lowest BCUT2D eigenvalue weighted by molar-refractivity contribution is 0.596. The normalized spacial score (nSPS) is 10.6. The molecule has 4 N–H and O–H groups in total. The molecule has 2 rings (SSSR count). The van der Waals surface area contributed by atoms with Crippen LogP contribution in [0.1, 0.15) is 0 Å². The summed E-state index contributed by atoms with van der Waals surface area (Å²) < 4.78 is 1.29. The zero-order chi connectivity index (χ0) is 14.9. The molecular formula is C9H8Cl2N6O2S. The Kier molecular flexibility index (Phi) is 4.33. The number of pyridine rings is 1. The lowest BCUT2D eigenvalue weighted by atomic mass is 10.4. The number of nitrogens with two attached hydrogens (primary N) is 1. The number of aromatic nitrogens is 4. The first-order valence-corrected chi connectivity index (χ1v) is 6.67. The third-order valence-corrected chi connectivity index (χ3v) is 3.91. The first-order chi connectivity index (χ1) is 9.42. The van der Waals surface area contributed by atoms with Gasteiger partial charge in [-0.3, -0.25) is 19.4 Å². The van der Waals surface area contributed by atoms with Crippen LogP contribution >= 0.6 is 35.0 Å². The Morgan fingerprint density at radius 1 is 1.35 bits per heavy atom. The Hall–Kier alpha value is -1.55. The SMILES string of the molecule is Cn1[nH]c(=O)c(=O)nc1Sc1nc(NN)c(Cl)cc1Cl. The van der Waals surface area contributed by atoms with E-state index in [1.807, 2.05) is 0 Å². The molecule has 2 aromatic heterocycles. The lowest BCUT2D eigenvalue weighted by Gasteiger charge is -2.09. The molecule has 20 heavy (non-hydrogen) atoms. The van der Waals surface area contributed by atoms with Gasteiger partial charge in [0.25, 0.3) is 0 Å².